The van der Waals surface area contributed by atoms with Crippen molar-refractivity contribution in [1.29, 1.82) is 0 Å². The number of halogens is 1. The third kappa shape index (κ3) is 4.63. The fourth-order valence-electron chi connectivity index (χ4n) is 2.05. The van der Waals surface area contributed by atoms with Gasteiger partial charge in [-0.05, 0) is 31.7 Å². The molecule has 0 radical (unpaired) electrons. The Hall–Kier alpha value is 0.210. The Morgan fingerprint density at radius 1 is 1.57 bits per heavy atom. The lowest BCUT2D eigenvalue weighted by molar-refractivity contribution is 0.0408. The van der Waals surface area contributed by atoms with Crippen LogP contribution in [0.25, 0.3) is 0 Å². The molecule has 3 heteroatoms. The van der Waals surface area contributed by atoms with Crippen molar-refractivity contribution in [2.45, 2.75) is 19.8 Å². The minimum atomic E-state index is 0.589. The molecule has 1 heterocycles. The second-order valence-electron chi connectivity index (χ2n) is 4.56. The molecule has 1 saturated heterocycles. The highest BCUT2D eigenvalue weighted by Crippen LogP contribution is 2.15. The molecule has 14 heavy (non-hydrogen) atoms. The van der Waals surface area contributed by atoms with E-state index in [-0.39, 0.29) is 0 Å². The van der Waals surface area contributed by atoms with Crippen LogP contribution in [0.5, 0.6) is 0 Å². The Bertz CT molecular complexity index is 148. The minimum Gasteiger partial charge on any atom is -0.381 e. The van der Waals surface area contributed by atoms with E-state index in [9.17, 15) is 0 Å². The normalized spacial score (nSPS) is 25.3. The van der Waals surface area contributed by atoms with Crippen molar-refractivity contribution in [1.82, 2.24) is 4.90 Å². The Balaban J connectivity index is 2.14. The number of rotatable bonds is 5. The molecule has 0 bridgehead atoms. The van der Waals surface area contributed by atoms with Crippen LogP contribution in [0.3, 0.4) is 0 Å². The first-order valence-electron chi connectivity index (χ1n) is 5.54. The van der Waals surface area contributed by atoms with Crippen molar-refractivity contribution in [3.8, 4) is 0 Å². The highest BCUT2D eigenvalue weighted by molar-refractivity contribution is 6.18. The van der Waals surface area contributed by atoms with Gasteiger partial charge in [0.2, 0.25) is 0 Å². The molecule has 1 fully saturated rings. The van der Waals surface area contributed by atoms with Crippen molar-refractivity contribution < 1.29 is 4.74 Å². The zero-order chi connectivity index (χ0) is 10.4. The molecule has 1 aliphatic rings. The van der Waals surface area contributed by atoms with Crippen LogP contribution in [0.15, 0.2) is 0 Å². The molecule has 84 valence electrons. The molecule has 0 aromatic rings. The Morgan fingerprint density at radius 3 is 2.93 bits per heavy atom. The van der Waals surface area contributed by atoms with E-state index in [1.807, 2.05) is 0 Å². The lowest BCUT2D eigenvalue weighted by atomic mass is 10.0. The summed E-state index contributed by atoms with van der Waals surface area (Å²) >= 11 is 5.79. The van der Waals surface area contributed by atoms with Crippen molar-refractivity contribution in [2.24, 2.45) is 11.8 Å². The van der Waals surface area contributed by atoms with E-state index < -0.39 is 0 Å². The van der Waals surface area contributed by atoms with E-state index in [1.54, 1.807) is 0 Å². The maximum absolute atomic E-state index is 5.79. The first-order valence-corrected chi connectivity index (χ1v) is 6.08. The van der Waals surface area contributed by atoms with Gasteiger partial charge in [0.1, 0.15) is 0 Å². The second kappa shape index (κ2) is 6.65. The van der Waals surface area contributed by atoms with E-state index in [0.717, 1.165) is 38.1 Å². The Labute approximate surface area is 92.6 Å². The summed E-state index contributed by atoms with van der Waals surface area (Å²) in [7, 11) is 2.18. The first kappa shape index (κ1) is 12.3. The summed E-state index contributed by atoms with van der Waals surface area (Å²) in [6.07, 6.45) is 2.54. The summed E-state index contributed by atoms with van der Waals surface area (Å²) in [4.78, 5) is 2.38. The van der Waals surface area contributed by atoms with Crippen LogP contribution in [-0.2, 0) is 4.74 Å². The molecule has 2 atom stereocenters. The third-order valence-electron chi connectivity index (χ3n) is 2.71. The van der Waals surface area contributed by atoms with Crippen LogP contribution in [-0.4, -0.2) is 44.1 Å². The predicted octanol–water partition coefficient (Wildman–Crippen LogP) is 2.22. The molecule has 0 N–H and O–H groups in total. The fourth-order valence-corrected chi connectivity index (χ4v) is 2.15. The van der Waals surface area contributed by atoms with Crippen LogP contribution >= 0.6 is 11.6 Å². The molecule has 0 aromatic carbocycles. The number of alkyl halides is 1. The van der Waals surface area contributed by atoms with E-state index in [0.29, 0.717) is 5.92 Å². The van der Waals surface area contributed by atoms with Gasteiger partial charge in [-0.3, -0.25) is 0 Å². The largest absolute Gasteiger partial charge is 0.381 e. The highest BCUT2D eigenvalue weighted by atomic mass is 35.5. The van der Waals surface area contributed by atoms with Gasteiger partial charge in [-0.2, -0.15) is 0 Å². The molecule has 0 aliphatic carbocycles. The quantitative estimate of drug-likeness (QED) is 0.658. The Morgan fingerprint density at radius 2 is 2.36 bits per heavy atom. The lowest BCUT2D eigenvalue weighted by Crippen LogP contribution is -2.33. The molecule has 1 aliphatic heterocycles. The van der Waals surface area contributed by atoms with Crippen LogP contribution in [0.1, 0.15) is 19.8 Å². The monoisotopic (exact) mass is 219 g/mol. The zero-order valence-electron chi connectivity index (χ0n) is 9.34. The molecule has 2 nitrogen and oxygen atoms in total. The zero-order valence-corrected chi connectivity index (χ0v) is 10.1. The number of nitrogens with zero attached hydrogens (tertiary/aromatic N) is 1. The SMILES string of the molecule is CC(CCl)CN(C)CC1CCCOC1. The standard InChI is InChI=1S/C11H22ClNO/c1-10(6-12)7-13(2)8-11-4-3-5-14-9-11/h10-11H,3-9H2,1-2H3. The third-order valence-corrected chi connectivity index (χ3v) is 3.24. The summed E-state index contributed by atoms with van der Waals surface area (Å²) in [5, 5.41) is 0. The smallest absolute Gasteiger partial charge is 0.0506 e. The second-order valence-corrected chi connectivity index (χ2v) is 4.87. The molecule has 1 rings (SSSR count). The summed E-state index contributed by atoms with van der Waals surface area (Å²) in [5.41, 5.74) is 0. The van der Waals surface area contributed by atoms with E-state index in [4.69, 9.17) is 16.3 Å². The van der Waals surface area contributed by atoms with Crippen LogP contribution < -0.4 is 0 Å². The minimum absolute atomic E-state index is 0.589. The van der Waals surface area contributed by atoms with Crippen molar-refractivity contribution in [3.05, 3.63) is 0 Å². The molecule has 0 saturated carbocycles. The van der Waals surface area contributed by atoms with Gasteiger partial charge >= 0.3 is 0 Å². The van der Waals surface area contributed by atoms with Gasteiger partial charge in [0.15, 0.2) is 0 Å². The van der Waals surface area contributed by atoms with Gasteiger partial charge < -0.3 is 9.64 Å². The summed E-state index contributed by atoms with van der Waals surface area (Å²) in [6.45, 7) is 6.35. The first-order chi connectivity index (χ1) is 6.72. The Kier molecular flexibility index (Phi) is 5.83. The average Bonchev–Trinajstić information content (AvgIpc) is 2.19. The molecule has 0 aromatic heterocycles. The van der Waals surface area contributed by atoms with Gasteiger partial charge in [0, 0.05) is 25.6 Å². The van der Waals surface area contributed by atoms with Crippen molar-refractivity contribution in [3.63, 3.8) is 0 Å². The topological polar surface area (TPSA) is 12.5 Å². The summed E-state index contributed by atoms with van der Waals surface area (Å²) < 4.78 is 5.46. The number of ether oxygens (including phenoxy) is 1. The van der Waals surface area contributed by atoms with Crippen molar-refractivity contribution in [2.75, 3.05) is 39.2 Å². The van der Waals surface area contributed by atoms with E-state index in [1.165, 1.54) is 12.8 Å². The van der Waals surface area contributed by atoms with Crippen LogP contribution in [0.2, 0.25) is 0 Å². The molecule has 0 amide bonds. The maximum Gasteiger partial charge on any atom is 0.0506 e. The lowest BCUT2D eigenvalue weighted by Gasteiger charge is -2.28. The van der Waals surface area contributed by atoms with Gasteiger partial charge in [-0.15, -0.1) is 11.6 Å². The van der Waals surface area contributed by atoms with Crippen LogP contribution in [0, 0.1) is 11.8 Å². The molecular weight excluding hydrogens is 198 g/mol. The van der Waals surface area contributed by atoms with E-state index in [2.05, 4.69) is 18.9 Å². The number of hydrogen-bond donors (Lipinski definition) is 0. The number of hydrogen-bond acceptors (Lipinski definition) is 2. The van der Waals surface area contributed by atoms with Crippen molar-refractivity contribution >= 4 is 11.6 Å². The highest BCUT2D eigenvalue weighted by Gasteiger charge is 2.16. The van der Waals surface area contributed by atoms with Gasteiger partial charge in [-0.1, -0.05) is 6.92 Å². The van der Waals surface area contributed by atoms with Gasteiger partial charge in [0.25, 0.3) is 0 Å². The predicted molar refractivity (Wildman–Crippen MR) is 60.9 cm³/mol. The van der Waals surface area contributed by atoms with Crippen LogP contribution in [0.4, 0.5) is 0 Å². The average molecular weight is 220 g/mol. The van der Waals surface area contributed by atoms with Gasteiger partial charge in [0.05, 0.1) is 6.61 Å². The summed E-state index contributed by atoms with van der Waals surface area (Å²) in [5.74, 6) is 2.08. The van der Waals surface area contributed by atoms with E-state index >= 15 is 0 Å². The maximum atomic E-state index is 5.79. The van der Waals surface area contributed by atoms with Gasteiger partial charge in [-0.25, -0.2) is 0 Å². The fraction of sp³-hybridized carbons (Fsp3) is 1.00. The molecule has 0 spiro atoms. The molecular formula is C11H22ClNO. The summed E-state index contributed by atoms with van der Waals surface area (Å²) in [6, 6.07) is 0. The molecule has 2 unspecified atom stereocenters.